The molecule has 4 aromatic rings. The van der Waals surface area contributed by atoms with Crippen molar-refractivity contribution in [2.24, 2.45) is 5.14 Å². The predicted molar refractivity (Wildman–Crippen MR) is 122 cm³/mol. The first-order valence-electron chi connectivity index (χ1n) is 9.58. The lowest BCUT2D eigenvalue weighted by Gasteiger charge is -2.04. The zero-order chi connectivity index (χ0) is 22.9. The first-order chi connectivity index (χ1) is 15.2. The number of aromatic nitrogens is 4. The smallest absolute Gasteiger partial charge is 0.279 e. The Hall–Kier alpha value is -3.41. The Morgan fingerprint density at radius 1 is 1.16 bits per heavy atom. The summed E-state index contributed by atoms with van der Waals surface area (Å²) < 4.78 is 24.4. The Morgan fingerprint density at radius 2 is 1.91 bits per heavy atom. The van der Waals surface area contributed by atoms with Crippen molar-refractivity contribution in [2.75, 3.05) is 5.32 Å². The molecule has 0 aliphatic rings. The molecule has 4 rings (SSSR count). The number of hydrogen-bond donors (Lipinski definition) is 2. The van der Waals surface area contributed by atoms with Gasteiger partial charge in [0.2, 0.25) is 10.0 Å². The lowest BCUT2D eigenvalue weighted by molar-refractivity contribution is 0.102. The monoisotopic (exact) mass is 468 g/mol. The lowest BCUT2D eigenvalue weighted by Crippen LogP contribution is -2.14. The minimum Gasteiger partial charge on any atom is -0.296 e. The van der Waals surface area contributed by atoms with E-state index >= 15 is 0 Å². The largest absolute Gasteiger partial charge is 0.296 e. The Kier molecular flexibility index (Phi) is 5.87. The second kappa shape index (κ2) is 8.61. The summed E-state index contributed by atoms with van der Waals surface area (Å²) in [5.41, 5.74) is 3.66. The summed E-state index contributed by atoms with van der Waals surface area (Å²) in [6.45, 7) is 3.77. The zero-order valence-electron chi connectivity index (χ0n) is 17.3. The third kappa shape index (κ3) is 4.74. The number of hydrogen-bond acceptors (Lipinski definition) is 7. The van der Waals surface area contributed by atoms with Crippen LogP contribution in [-0.2, 0) is 16.4 Å². The summed E-state index contributed by atoms with van der Waals surface area (Å²) in [6, 6.07) is 14.1. The molecule has 164 valence electrons. The molecule has 0 bridgehead atoms. The number of nitrogens with two attached hydrogens (primary N) is 1. The highest BCUT2D eigenvalue weighted by molar-refractivity contribution is 7.89. The van der Waals surface area contributed by atoms with Crippen LogP contribution in [-0.4, -0.2) is 34.3 Å². The molecule has 2 aromatic carbocycles. The fourth-order valence-electron chi connectivity index (χ4n) is 3.15. The molecular weight excluding hydrogens is 448 g/mol. The number of nitrogens with zero attached hydrogens (tertiary/aromatic N) is 4. The normalized spacial score (nSPS) is 11.5. The molecule has 0 aliphatic carbocycles. The first-order valence-corrected chi connectivity index (χ1v) is 11.9. The van der Waals surface area contributed by atoms with E-state index in [4.69, 9.17) is 5.14 Å². The van der Waals surface area contributed by atoms with E-state index in [1.807, 2.05) is 31.2 Å². The zero-order valence-corrected chi connectivity index (χ0v) is 18.9. The number of aryl methyl sites for hydroxylation is 1. The van der Waals surface area contributed by atoms with E-state index in [1.54, 1.807) is 29.9 Å². The van der Waals surface area contributed by atoms with Crippen LogP contribution in [0.4, 0.5) is 5.13 Å². The van der Waals surface area contributed by atoms with Crippen molar-refractivity contribution in [3.05, 3.63) is 82.1 Å². The maximum atomic E-state index is 12.7. The van der Waals surface area contributed by atoms with E-state index in [1.165, 1.54) is 23.5 Å². The van der Waals surface area contributed by atoms with Gasteiger partial charge in [0.1, 0.15) is 0 Å². The van der Waals surface area contributed by atoms with Gasteiger partial charge in [-0.2, -0.15) is 0 Å². The van der Waals surface area contributed by atoms with Crippen LogP contribution in [0.5, 0.6) is 0 Å². The summed E-state index contributed by atoms with van der Waals surface area (Å²) in [5, 5.41) is 16.5. The van der Waals surface area contributed by atoms with Crippen molar-refractivity contribution in [1.29, 1.82) is 0 Å². The van der Waals surface area contributed by atoms with Gasteiger partial charge < -0.3 is 0 Å². The van der Waals surface area contributed by atoms with Crippen LogP contribution in [0.15, 0.2) is 59.6 Å². The highest BCUT2D eigenvalue weighted by Gasteiger charge is 2.19. The highest BCUT2D eigenvalue weighted by atomic mass is 32.2. The van der Waals surface area contributed by atoms with Gasteiger partial charge in [0, 0.05) is 17.5 Å². The Balaban J connectivity index is 1.45. The van der Waals surface area contributed by atoms with E-state index in [0.29, 0.717) is 17.2 Å². The quantitative estimate of drug-likeness (QED) is 0.447. The number of carbonyl (C=O) groups is 1. The standard InChI is InChI=1S/C21H20N6O3S2/c1-13-4-3-5-16(10-13)27-14(2)19(25-26-27)20(28)24-21-23-12-17(31-21)11-15-6-8-18(9-7-15)32(22,29)30/h3-10,12H,11H2,1-2H3,(H2,22,29,30)(H,23,24,28). The first kappa shape index (κ1) is 21.8. The predicted octanol–water partition coefficient (Wildman–Crippen LogP) is 2.83. The average Bonchev–Trinajstić information content (AvgIpc) is 3.34. The molecule has 11 heteroatoms. The summed E-state index contributed by atoms with van der Waals surface area (Å²) in [7, 11) is -3.72. The van der Waals surface area contributed by atoms with Crippen LogP contribution in [0.2, 0.25) is 0 Å². The molecule has 0 spiro atoms. The minimum atomic E-state index is -3.72. The SMILES string of the molecule is Cc1cccc(-n2nnc(C(=O)Nc3ncc(Cc4ccc(S(N)(=O)=O)cc4)s3)c2C)c1. The fourth-order valence-corrected chi connectivity index (χ4v) is 4.50. The molecule has 3 N–H and O–H groups in total. The second-order valence-corrected chi connectivity index (χ2v) is 9.90. The third-order valence-corrected chi connectivity index (χ3v) is 6.60. The van der Waals surface area contributed by atoms with Gasteiger partial charge in [-0.05, 0) is 49.2 Å². The van der Waals surface area contributed by atoms with E-state index < -0.39 is 10.0 Å². The lowest BCUT2D eigenvalue weighted by atomic mass is 10.1. The molecule has 0 radical (unpaired) electrons. The van der Waals surface area contributed by atoms with E-state index in [2.05, 4.69) is 20.6 Å². The van der Waals surface area contributed by atoms with Crippen LogP contribution in [0.1, 0.15) is 32.2 Å². The van der Waals surface area contributed by atoms with Gasteiger partial charge >= 0.3 is 0 Å². The Morgan fingerprint density at radius 3 is 2.59 bits per heavy atom. The average molecular weight is 469 g/mol. The molecular formula is C21H20N6O3S2. The van der Waals surface area contributed by atoms with Crippen molar-refractivity contribution >= 4 is 32.4 Å². The summed E-state index contributed by atoms with van der Waals surface area (Å²) in [6.07, 6.45) is 2.21. The molecule has 0 unspecified atom stereocenters. The van der Waals surface area contributed by atoms with E-state index in [9.17, 15) is 13.2 Å². The van der Waals surface area contributed by atoms with E-state index in [-0.39, 0.29) is 16.5 Å². The molecule has 2 heterocycles. The minimum absolute atomic E-state index is 0.0626. The fraction of sp³-hybridized carbons (Fsp3) is 0.143. The van der Waals surface area contributed by atoms with Gasteiger partial charge in [0.15, 0.2) is 10.8 Å². The van der Waals surface area contributed by atoms with Crippen molar-refractivity contribution in [3.63, 3.8) is 0 Å². The van der Waals surface area contributed by atoms with Crippen LogP contribution in [0.25, 0.3) is 5.69 Å². The molecule has 0 saturated carbocycles. The maximum absolute atomic E-state index is 12.7. The Bertz CT molecular complexity index is 1390. The molecule has 32 heavy (non-hydrogen) atoms. The van der Waals surface area contributed by atoms with Gasteiger partial charge in [-0.1, -0.05) is 29.5 Å². The van der Waals surface area contributed by atoms with Gasteiger partial charge in [-0.25, -0.2) is 23.2 Å². The van der Waals surface area contributed by atoms with Gasteiger partial charge in [-0.3, -0.25) is 10.1 Å². The number of thiazole rings is 1. The summed E-state index contributed by atoms with van der Waals surface area (Å²) >= 11 is 1.33. The third-order valence-electron chi connectivity index (χ3n) is 4.76. The van der Waals surface area contributed by atoms with Gasteiger partial charge in [0.25, 0.3) is 5.91 Å². The molecule has 9 nitrogen and oxygen atoms in total. The molecule has 0 fully saturated rings. The Labute approximate surface area is 189 Å². The topological polar surface area (TPSA) is 133 Å². The number of carbonyl (C=O) groups excluding carboxylic acids is 1. The van der Waals surface area contributed by atoms with Crippen LogP contribution < -0.4 is 10.5 Å². The number of anilines is 1. The molecule has 0 atom stereocenters. The maximum Gasteiger partial charge on any atom is 0.279 e. The molecule has 0 saturated heterocycles. The molecule has 2 aromatic heterocycles. The number of nitrogens with one attached hydrogen (secondary N) is 1. The number of primary sulfonamides is 1. The summed E-state index contributed by atoms with van der Waals surface area (Å²) in [5.74, 6) is -0.389. The second-order valence-electron chi connectivity index (χ2n) is 7.23. The van der Waals surface area contributed by atoms with Gasteiger partial charge in [-0.15, -0.1) is 16.4 Å². The van der Waals surface area contributed by atoms with Crippen molar-refractivity contribution < 1.29 is 13.2 Å². The number of amides is 1. The van der Waals surface area contributed by atoms with Gasteiger partial charge in [0.05, 0.1) is 16.3 Å². The van der Waals surface area contributed by atoms with Crippen LogP contribution in [0, 0.1) is 13.8 Å². The number of rotatable bonds is 6. The highest BCUT2D eigenvalue weighted by Crippen LogP contribution is 2.23. The number of benzene rings is 2. The van der Waals surface area contributed by atoms with Crippen LogP contribution in [0.3, 0.4) is 0 Å². The summed E-state index contributed by atoms with van der Waals surface area (Å²) in [4.78, 5) is 17.9. The molecule has 0 aliphatic heterocycles. The van der Waals surface area contributed by atoms with Crippen molar-refractivity contribution in [2.45, 2.75) is 25.2 Å². The molecule has 1 amide bonds. The van der Waals surface area contributed by atoms with Crippen LogP contribution >= 0.6 is 11.3 Å². The van der Waals surface area contributed by atoms with E-state index in [0.717, 1.165) is 21.7 Å². The van der Waals surface area contributed by atoms with Crippen molar-refractivity contribution in [3.8, 4) is 5.69 Å². The number of sulfonamides is 1. The van der Waals surface area contributed by atoms with Crippen molar-refractivity contribution in [1.82, 2.24) is 20.0 Å².